The molecule has 0 bridgehead atoms. The summed E-state index contributed by atoms with van der Waals surface area (Å²) in [7, 11) is 0. The van der Waals surface area contributed by atoms with E-state index in [1.807, 2.05) is 39.8 Å². The topological polar surface area (TPSA) is 35.2 Å². The van der Waals surface area contributed by atoms with Crippen molar-refractivity contribution in [3.05, 3.63) is 29.8 Å². The molecular formula is C14H27NO. The number of benzene rings is 1. The van der Waals surface area contributed by atoms with Crippen LogP contribution in [0.2, 0.25) is 0 Å². The van der Waals surface area contributed by atoms with E-state index in [0.717, 1.165) is 12.2 Å². The van der Waals surface area contributed by atoms with Gasteiger partial charge in [-0.1, -0.05) is 46.8 Å². The molecule has 94 valence electrons. The van der Waals surface area contributed by atoms with Gasteiger partial charge in [-0.3, -0.25) is 0 Å². The minimum atomic E-state index is 0.565. The van der Waals surface area contributed by atoms with Crippen molar-refractivity contribution in [1.29, 1.82) is 0 Å². The maximum absolute atomic E-state index is 5.33. The first-order valence-electron chi connectivity index (χ1n) is 6.28. The monoisotopic (exact) mass is 225 g/mol. The van der Waals surface area contributed by atoms with Crippen molar-refractivity contribution in [3.8, 4) is 5.75 Å². The quantitative estimate of drug-likeness (QED) is 0.849. The first-order valence-corrected chi connectivity index (χ1v) is 6.28. The molecule has 0 fully saturated rings. The summed E-state index contributed by atoms with van der Waals surface area (Å²) in [6.45, 7) is 11.3. The van der Waals surface area contributed by atoms with Gasteiger partial charge in [-0.15, -0.1) is 0 Å². The lowest BCUT2D eigenvalue weighted by molar-refractivity contribution is 0.328. The molecule has 2 heteroatoms. The summed E-state index contributed by atoms with van der Waals surface area (Å²) in [6, 6.07) is 8.11. The average molecular weight is 225 g/mol. The number of nitrogens with two attached hydrogens (primary N) is 1. The first kappa shape index (κ1) is 17.4. The van der Waals surface area contributed by atoms with E-state index in [1.54, 1.807) is 0 Å². The Kier molecular flexibility index (Phi) is 15.2. The molecule has 1 aromatic carbocycles. The van der Waals surface area contributed by atoms with Crippen LogP contribution in [0.1, 0.15) is 40.2 Å². The van der Waals surface area contributed by atoms with E-state index in [0.29, 0.717) is 13.2 Å². The molecular weight excluding hydrogens is 198 g/mol. The smallest absolute Gasteiger partial charge is 0.119 e. The summed E-state index contributed by atoms with van der Waals surface area (Å²) >= 11 is 0. The van der Waals surface area contributed by atoms with Crippen molar-refractivity contribution < 1.29 is 4.74 Å². The second kappa shape index (κ2) is 14.0. The Balaban J connectivity index is 0. The largest absolute Gasteiger partial charge is 0.492 e. The minimum absolute atomic E-state index is 0.565. The molecule has 0 spiro atoms. The van der Waals surface area contributed by atoms with E-state index in [9.17, 15) is 0 Å². The molecule has 0 aliphatic rings. The van der Waals surface area contributed by atoms with Gasteiger partial charge in [0.25, 0.3) is 0 Å². The van der Waals surface area contributed by atoms with Gasteiger partial charge in [0.1, 0.15) is 12.4 Å². The van der Waals surface area contributed by atoms with E-state index in [2.05, 4.69) is 19.1 Å². The molecule has 0 saturated carbocycles. The Hall–Kier alpha value is -1.02. The van der Waals surface area contributed by atoms with Gasteiger partial charge in [0.05, 0.1) is 0 Å². The van der Waals surface area contributed by atoms with Gasteiger partial charge in [-0.25, -0.2) is 0 Å². The summed E-state index contributed by atoms with van der Waals surface area (Å²) in [4.78, 5) is 0. The van der Waals surface area contributed by atoms with Crippen molar-refractivity contribution in [3.63, 3.8) is 0 Å². The third-order valence-electron chi connectivity index (χ3n) is 1.72. The summed E-state index contributed by atoms with van der Waals surface area (Å²) in [5, 5.41) is 0. The second-order valence-corrected chi connectivity index (χ2v) is 2.63. The molecule has 0 aromatic heterocycles. The van der Waals surface area contributed by atoms with Crippen LogP contribution in [0.15, 0.2) is 24.3 Å². The van der Waals surface area contributed by atoms with E-state index in [-0.39, 0.29) is 0 Å². The predicted octanol–water partition coefficient (Wildman–Crippen LogP) is 3.64. The Labute approximate surface area is 101 Å². The molecule has 0 radical (unpaired) electrons. The molecule has 0 saturated heterocycles. The van der Waals surface area contributed by atoms with Gasteiger partial charge >= 0.3 is 0 Å². The standard InChI is InChI=1S/C10H15NO.2C2H6/c1-2-9-3-5-10(6-4-9)12-8-7-11;2*1-2/h3-6H,2,7-8,11H2,1H3;2*1-2H3. The van der Waals surface area contributed by atoms with Crippen molar-refractivity contribution >= 4 is 0 Å². The maximum atomic E-state index is 5.33. The van der Waals surface area contributed by atoms with Crippen LogP contribution in [0.25, 0.3) is 0 Å². The highest BCUT2D eigenvalue weighted by Gasteiger charge is 1.92. The van der Waals surface area contributed by atoms with Gasteiger partial charge < -0.3 is 10.5 Å². The van der Waals surface area contributed by atoms with Crippen LogP contribution in [0, 0.1) is 0 Å². The lowest BCUT2D eigenvalue weighted by Crippen LogP contribution is -2.10. The summed E-state index contributed by atoms with van der Waals surface area (Å²) in [6.07, 6.45) is 1.07. The van der Waals surface area contributed by atoms with Gasteiger partial charge in [0, 0.05) is 6.54 Å². The van der Waals surface area contributed by atoms with Crippen LogP contribution in [-0.2, 0) is 6.42 Å². The fourth-order valence-electron chi connectivity index (χ4n) is 0.998. The SMILES string of the molecule is CC.CC.CCc1ccc(OCCN)cc1. The van der Waals surface area contributed by atoms with E-state index >= 15 is 0 Å². The van der Waals surface area contributed by atoms with Gasteiger partial charge in [-0.05, 0) is 24.1 Å². The second-order valence-electron chi connectivity index (χ2n) is 2.63. The molecule has 0 aliphatic heterocycles. The first-order chi connectivity index (χ1) is 7.86. The molecule has 0 heterocycles. The zero-order valence-corrected chi connectivity index (χ0v) is 11.4. The molecule has 0 atom stereocenters. The van der Waals surface area contributed by atoms with Crippen molar-refractivity contribution in [2.45, 2.75) is 41.0 Å². The summed E-state index contributed by atoms with van der Waals surface area (Å²) in [5.41, 5.74) is 6.64. The highest BCUT2D eigenvalue weighted by molar-refractivity contribution is 5.27. The van der Waals surface area contributed by atoms with Crippen LogP contribution in [0.4, 0.5) is 0 Å². The predicted molar refractivity (Wildman–Crippen MR) is 73.1 cm³/mol. The minimum Gasteiger partial charge on any atom is -0.492 e. The third-order valence-corrected chi connectivity index (χ3v) is 1.72. The number of ether oxygens (including phenoxy) is 1. The fraction of sp³-hybridized carbons (Fsp3) is 0.571. The van der Waals surface area contributed by atoms with Gasteiger partial charge in [0.15, 0.2) is 0 Å². The summed E-state index contributed by atoms with van der Waals surface area (Å²) < 4.78 is 5.33. The normalized spacial score (nSPS) is 8.12. The molecule has 0 amide bonds. The van der Waals surface area contributed by atoms with Crippen molar-refractivity contribution in [1.82, 2.24) is 0 Å². The Bertz CT molecular complexity index is 219. The molecule has 16 heavy (non-hydrogen) atoms. The molecule has 1 rings (SSSR count). The average Bonchev–Trinajstić information content (AvgIpc) is 2.41. The number of rotatable bonds is 4. The third kappa shape index (κ3) is 8.30. The fourth-order valence-corrected chi connectivity index (χ4v) is 0.998. The molecule has 1 aromatic rings. The van der Waals surface area contributed by atoms with Crippen LogP contribution in [-0.4, -0.2) is 13.2 Å². The number of aryl methyl sites for hydroxylation is 1. The lowest BCUT2D eigenvalue weighted by Gasteiger charge is -2.04. The lowest BCUT2D eigenvalue weighted by atomic mass is 10.2. The van der Waals surface area contributed by atoms with Crippen molar-refractivity contribution in [2.24, 2.45) is 5.73 Å². The molecule has 2 nitrogen and oxygen atoms in total. The molecule has 0 unspecified atom stereocenters. The number of hydrogen-bond acceptors (Lipinski definition) is 2. The van der Waals surface area contributed by atoms with E-state index in [1.165, 1.54) is 5.56 Å². The van der Waals surface area contributed by atoms with Gasteiger partial charge in [-0.2, -0.15) is 0 Å². The van der Waals surface area contributed by atoms with Crippen LogP contribution in [0.3, 0.4) is 0 Å². The van der Waals surface area contributed by atoms with Crippen LogP contribution < -0.4 is 10.5 Å². The van der Waals surface area contributed by atoms with Crippen LogP contribution >= 0.6 is 0 Å². The maximum Gasteiger partial charge on any atom is 0.119 e. The highest BCUT2D eigenvalue weighted by Crippen LogP contribution is 2.11. The van der Waals surface area contributed by atoms with Crippen molar-refractivity contribution in [2.75, 3.05) is 13.2 Å². The zero-order chi connectivity index (χ0) is 12.8. The molecule has 0 aliphatic carbocycles. The number of hydrogen-bond donors (Lipinski definition) is 1. The van der Waals surface area contributed by atoms with Gasteiger partial charge in [0.2, 0.25) is 0 Å². The van der Waals surface area contributed by atoms with E-state index < -0.39 is 0 Å². The van der Waals surface area contributed by atoms with Crippen LogP contribution in [0.5, 0.6) is 5.75 Å². The Morgan fingerprint density at radius 3 is 1.88 bits per heavy atom. The molecule has 2 N–H and O–H groups in total. The van der Waals surface area contributed by atoms with E-state index in [4.69, 9.17) is 10.5 Å². The highest BCUT2D eigenvalue weighted by atomic mass is 16.5. The zero-order valence-electron chi connectivity index (χ0n) is 11.4. The summed E-state index contributed by atoms with van der Waals surface area (Å²) in [5.74, 6) is 0.901. The Morgan fingerprint density at radius 2 is 1.50 bits per heavy atom. The Morgan fingerprint density at radius 1 is 1.00 bits per heavy atom.